The van der Waals surface area contributed by atoms with Crippen LogP contribution in [0.5, 0.6) is 5.75 Å². The Hall–Kier alpha value is -0.990. The zero-order valence-corrected chi connectivity index (χ0v) is 8.97. The molecule has 0 aliphatic rings. The summed E-state index contributed by atoms with van der Waals surface area (Å²) in [5.74, 6) is 0.700. The quantitative estimate of drug-likeness (QED) is 0.757. The Morgan fingerprint density at radius 2 is 2.36 bits per heavy atom. The zero-order chi connectivity index (χ0) is 10.4. The number of nitrogens with one attached hydrogen (secondary N) is 1. The van der Waals surface area contributed by atoms with Gasteiger partial charge in [0.15, 0.2) is 0 Å². The molecule has 14 heavy (non-hydrogen) atoms. The molecule has 0 fully saturated rings. The maximum atomic E-state index is 6.01. The lowest BCUT2D eigenvalue weighted by atomic mass is 10.2. The van der Waals surface area contributed by atoms with E-state index in [2.05, 4.69) is 11.9 Å². The highest BCUT2D eigenvalue weighted by Crippen LogP contribution is 2.25. The van der Waals surface area contributed by atoms with Crippen LogP contribution in [0.4, 0.5) is 0 Å². The Morgan fingerprint density at radius 1 is 1.57 bits per heavy atom. The molecule has 0 radical (unpaired) electrons. The molecule has 0 aliphatic heterocycles. The van der Waals surface area contributed by atoms with Crippen molar-refractivity contribution in [1.29, 1.82) is 0 Å². The molecule has 1 aromatic carbocycles. The van der Waals surface area contributed by atoms with E-state index in [9.17, 15) is 0 Å². The van der Waals surface area contributed by atoms with Crippen LogP contribution in [0, 0.1) is 0 Å². The first-order valence-corrected chi connectivity index (χ1v) is 4.82. The molecule has 0 saturated heterocycles. The first kappa shape index (κ1) is 11.1. The van der Waals surface area contributed by atoms with Gasteiger partial charge in [0.2, 0.25) is 0 Å². The van der Waals surface area contributed by atoms with Crippen molar-refractivity contribution in [3.05, 3.63) is 41.4 Å². The molecule has 1 aromatic rings. The van der Waals surface area contributed by atoms with E-state index in [1.807, 2.05) is 25.2 Å². The summed E-state index contributed by atoms with van der Waals surface area (Å²) in [6, 6.07) is 5.76. The van der Waals surface area contributed by atoms with Gasteiger partial charge in [0.05, 0.1) is 5.02 Å². The van der Waals surface area contributed by atoms with Gasteiger partial charge in [0, 0.05) is 6.54 Å². The molecule has 1 N–H and O–H groups in total. The van der Waals surface area contributed by atoms with Crippen molar-refractivity contribution in [1.82, 2.24) is 5.32 Å². The van der Waals surface area contributed by atoms with Crippen molar-refractivity contribution < 1.29 is 4.74 Å². The van der Waals surface area contributed by atoms with Crippen molar-refractivity contribution in [3.63, 3.8) is 0 Å². The Kier molecular flexibility index (Phi) is 4.50. The van der Waals surface area contributed by atoms with Gasteiger partial charge in [-0.2, -0.15) is 0 Å². The summed E-state index contributed by atoms with van der Waals surface area (Å²) >= 11 is 6.01. The largest absolute Gasteiger partial charge is 0.488 e. The zero-order valence-electron chi connectivity index (χ0n) is 8.22. The first-order chi connectivity index (χ1) is 6.77. The van der Waals surface area contributed by atoms with Gasteiger partial charge in [-0.3, -0.25) is 0 Å². The van der Waals surface area contributed by atoms with Crippen LogP contribution in [-0.2, 0) is 6.54 Å². The SMILES string of the molecule is C=CCOc1ccc(CNC)cc1Cl. The van der Waals surface area contributed by atoms with Crippen LogP contribution in [0.15, 0.2) is 30.9 Å². The van der Waals surface area contributed by atoms with E-state index in [0.29, 0.717) is 17.4 Å². The molecule has 0 atom stereocenters. The van der Waals surface area contributed by atoms with Gasteiger partial charge < -0.3 is 10.1 Å². The highest BCUT2D eigenvalue weighted by molar-refractivity contribution is 6.32. The van der Waals surface area contributed by atoms with E-state index in [1.54, 1.807) is 6.08 Å². The fraction of sp³-hybridized carbons (Fsp3) is 0.273. The second-order valence-corrected chi connectivity index (χ2v) is 3.30. The van der Waals surface area contributed by atoms with Gasteiger partial charge in [-0.25, -0.2) is 0 Å². The molecular formula is C11H14ClNO. The molecule has 76 valence electrons. The van der Waals surface area contributed by atoms with Crippen molar-refractivity contribution in [3.8, 4) is 5.75 Å². The molecule has 0 unspecified atom stereocenters. The first-order valence-electron chi connectivity index (χ1n) is 4.44. The predicted molar refractivity (Wildman–Crippen MR) is 59.9 cm³/mol. The van der Waals surface area contributed by atoms with Crippen molar-refractivity contribution in [2.75, 3.05) is 13.7 Å². The van der Waals surface area contributed by atoms with Crippen LogP contribution in [0.1, 0.15) is 5.56 Å². The maximum absolute atomic E-state index is 6.01. The van der Waals surface area contributed by atoms with Gasteiger partial charge in [-0.1, -0.05) is 30.3 Å². The Morgan fingerprint density at radius 3 is 2.93 bits per heavy atom. The smallest absolute Gasteiger partial charge is 0.138 e. The summed E-state index contributed by atoms with van der Waals surface area (Å²) < 4.78 is 5.35. The number of benzene rings is 1. The van der Waals surface area contributed by atoms with Crippen LogP contribution >= 0.6 is 11.6 Å². The summed E-state index contributed by atoms with van der Waals surface area (Å²) in [4.78, 5) is 0. The van der Waals surface area contributed by atoms with Crippen LogP contribution in [-0.4, -0.2) is 13.7 Å². The molecular weight excluding hydrogens is 198 g/mol. The molecule has 0 bridgehead atoms. The third kappa shape index (κ3) is 3.05. The van der Waals surface area contributed by atoms with E-state index in [-0.39, 0.29) is 0 Å². The fourth-order valence-electron chi connectivity index (χ4n) is 1.12. The summed E-state index contributed by atoms with van der Waals surface area (Å²) in [5.41, 5.74) is 1.14. The molecule has 2 nitrogen and oxygen atoms in total. The van der Waals surface area contributed by atoms with E-state index in [0.717, 1.165) is 12.1 Å². The molecule has 0 aliphatic carbocycles. The van der Waals surface area contributed by atoms with Gasteiger partial charge in [-0.15, -0.1) is 0 Å². The van der Waals surface area contributed by atoms with Gasteiger partial charge in [0.1, 0.15) is 12.4 Å². The van der Waals surface area contributed by atoms with Crippen LogP contribution in [0.25, 0.3) is 0 Å². The topological polar surface area (TPSA) is 21.3 Å². The average Bonchev–Trinajstić information content (AvgIpc) is 2.17. The summed E-state index contributed by atoms with van der Waals surface area (Å²) in [7, 11) is 1.90. The van der Waals surface area contributed by atoms with Crippen molar-refractivity contribution >= 4 is 11.6 Å². The van der Waals surface area contributed by atoms with Crippen LogP contribution in [0.2, 0.25) is 5.02 Å². The highest BCUT2D eigenvalue weighted by atomic mass is 35.5. The summed E-state index contributed by atoms with van der Waals surface area (Å²) in [6.07, 6.45) is 1.69. The van der Waals surface area contributed by atoms with Gasteiger partial charge >= 0.3 is 0 Å². The molecule has 0 amide bonds. The lowest BCUT2D eigenvalue weighted by Crippen LogP contribution is -2.05. The van der Waals surface area contributed by atoms with Crippen molar-refractivity contribution in [2.24, 2.45) is 0 Å². The number of hydrogen-bond donors (Lipinski definition) is 1. The average molecular weight is 212 g/mol. The number of hydrogen-bond acceptors (Lipinski definition) is 2. The monoisotopic (exact) mass is 211 g/mol. The number of ether oxygens (including phenoxy) is 1. The van der Waals surface area contributed by atoms with E-state index in [1.165, 1.54) is 0 Å². The van der Waals surface area contributed by atoms with Crippen molar-refractivity contribution in [2.45, 2.75) is 6.54 Å². The second kappa shape index (κ2) is 5.68. The lowest BCUT2D eigenvalue weighted by Gasteiger charge is -2.07. The standard InChI is InChI=1S/C11H14ClNO/c1-3-6-14-11-5-4-9(8-13-2)7-10(11)12/h3-5,7,13H,1,6,8H2,2H3. The highest BCUT2D eigenvalue weighted by Gasteiger charge is 2.01. The number of halogens is 1. The minimum atomic E-state index is 0.477. The molecule has 0 heterocycles. The van der Waals surface area contributed by atoms with Gasteiger partial charge in [-0.05, 0) is 24.7 Å². The third-order valence-corrected chi connectivity index (χ3v) is 2.03. The normalized spacial score (nSPS) is 9.86. The summed E-state index contributed by atoms with van der Waals surface area (Å²) in [5, 5.41) is 3.70. The van der Waals surface area contributed by atoms with Crippen LogP contribution < -0.4 is 10.1 Å². The molecule has 3 heteroatoms. The second-order valence-electron chi connectivity index (χ2n) is 2.89. The fourth-order valence-corrected chi connectivity index (χ4v) is 1.38. The van der Waals surface area contributed by atoms with E-state index < -0.39 is 0 Å². The number of rotatable bonds is 5. The lowest BCUT2D eigenvalue weighted by molar-refractivity contribution is 0.363. The molecule has 0 aromatic heterocycles. The minimum absolute atomic E-state index is 0.477. The van der Waals surface area contributed by atoms with E-state index in [4.69, 9.17) is 16.3 Å². The summed E-state index contributed by atoms with van der Waals surface area (Å²) in [6.45, 7) is 4.86. The molecule has 0 saturated carbocycles. The predicted octanol–water partition coefficient (Wildman–Crippen LogP) is 2.62. The molecule has 1 rings (SSSR count). The third-order valence-electron chi connectivity index (χ3n) is 1.73. The molecule has 0 spiro atoms. The Balaban J connectivity index is 2.73. The Labute approximate surface area is 89.5 Å². The minimum Gasteiger partial charge on any atom is -0.488 e. The van der Waals surface area contributed by atoms with E-state index >= 15 is 0 Å². The Bertz CT molecular complexity index is 312. The maximum Gasteiger partial charge on any atom is 0.138 e. The van der Waals surface area contributed by atoms with Crippen LogP contribution in [0.3, 0.4) is 0 Å². The van der Waals surface area contributed by atoms with Gasteiger partial charge in [0.25, 0.3) is 0 Å².